The first-order chi connectivity index (χ1) is 3.90. The summed E-state index contributed by atoms with van der Waals surface area (Å²) in [5.74, 6) is 0. The number of hydrogen-bond acceptors (Lipinski definition) is 1. The molecule has 2 aliphatic rings. The van der Waals surface area contributed by atoms with Crippen molar-refractivity contribution >= 4 is 11.8 Å². The van der Waals surface area contributed by atoms with Gasteiger partial charge in [0.25, 0.3) is 0 Å². The summed E-state index contributed by atoms with van der Waals surface area (Å²) in [7, 11) is 0. The molecule has 1 heteroatoms. The molecule has 0 radical (unpaired) electrons. The van der Waals surface area contributed by atoms with Gasteiger partial charge in [0.15, 0.2) is 0 Å². The van der Waals surface area contributed by atoms with Gasteiger partial charge in [0, 0.05) is 4.90 Å². The van der Waals surface area contributed by atoms with Crippen LogP contribution in [-0.4, -0.2) is 6.26 Å². The van der Waals surface area contributed by atoms with Crippen LogP contribution in [0, 0.1) is 0 Å². The zero-order valence-electron chi connectivity index (χ0n) is 4.64. The van der Waals surface area contributed by atoms with Gasteiger partial charge in [-0.15, -0.1) is 11.8 Å². The molecule has 0 aromatic rings. The normalized spacial score (nSPS) is 11.6. The van der Waals surface area contributed by atoms with Gasteiger partial charge in [-0.2, -0.15) is 0 Å². The summed E-state index contributed by atoms with van der Waals surface area (Å²) in [5.41, 5.74) is 2.88. The molecule has 2 aliphatic carbocycles. The van der Waals surface area contributed by atoms with Crippen molar-refractivity contribution in [2.24, 2.45) is 0 Å². The molecule has 0 aliphatic heterocycles. The number of fused-ring (bicyclic) bond motifs is 1. The lowest BCUT2D eigenvalue weighted by Gasteiger charge is -1.81. The van der Waals surface area contributed by atoms with E-state index < -0.39 is 0 Å². The van der Waals surface area contributed by atoms with Crippen LogP contribution in [0.1, 0.15) is 0 Å². The van der Waals surface area contributed by atoms with E-state index in [0.717, 1.165) is 0 Å². The molecule has 0 nitrogen and oxygen atoms in total. The minimum atomic E-state index is 1.40. The van der Waals surface area contributed by atoms with Crippen LogP contribution >= 0.6 is 11.8 Å². The van der Waals surface area contributed by atoms with Crippen molar-refractivity contribution in [1.82, 2.24) is 0 Å². The molecule has 8 heavy (non-hydrogen) atoms. The Morgan fingerprint density at radius 3 is 2.12 bits per heavy atom. The van der Waals surface area contributed by atoms with Gasteiger partial charge in [-0.25, -0.2) is 0 Å². The Bertz CT molecular complexity index is 208. The van der Waals surface area contributed by atoms with Crippen LogP contribution in [0.3, 0.4) is 0 Å². The SMILES string of the molecule is CSc1cc2cc-2c1. The highest BCUT2D eigenvalue weighted by Gasteiger charge is 2.12. The molecule has 2 rings (SSSR count). The van der Waals surface area contributed by atoms with E-state index in [2.05, 4.69) is 24.5 Å². The van der Waals surface area contributed by atoms with Crippen LogP contribution in [-0.2, 0) is 0 Å². The third-order valence-electron chi connectivity index (χ3n) is 1.39. The van der Waals surface area contributed by atoms with E-state index in [4.69, 9.17) is 0 Å². The minimum absolute atomic E-state index is 1.40. The van der Waals surface area contributed by atoms with Gasteiger partial charge < -0.3 is 0 Å². The largest absolute Gasteiger partial charge is 0.130 e. The zero-order valence-corrected chi connectivity index (χ0v) is 5.46. The summed E-state index contributed by atoms with van der Waals surface area (Å²) in [6, 6.07) is 6.64. The van der Waals surface area contributed by atoms with Gasteiger partial charge in [0.05, 0.1) is 0 Å². The molecule has 0 saturated carbocycles. The molecule has 0 aromatic heterocycles. The number of benzene rings is 1. The fourth-order valence-electron chi connectivity index (χ4n) is 0.847. The first-order valence-electron chi connectivity index (χ1n) is 2.59. The fourth-order valence-corrected chi connectivity index (χ4v) is 1.34. The van der Waals surface area contributed by atoms with Gasteiger partial charge in [0.1, 0.15) is 0 Å². The summed E-state index contributed by atoms with van der Waals surface area (Å²) in [6.45, 7) is 0. The van der Waals surface area contributed by atoms with Gasteiger partial charge in [-0.1, -0.05) is 0 Å². The van der Waals surface area contributed by atoms with E-state index in [1.54, 1.807) is 0 Å². The molecule has 40 valence electrons. The van der Waals surface area contributed by atoms with Crippen LogP contribution in [0.5, 0.6) is 0 Å². The molecule has 0 aromatic carbocycles. The van der Waals surface area contributed by atoms with Crippen molar-refractivity contribution in [2.75, 3.05) is 6.26 Å². The maximum atomic E-state index is 2.22. The highest BCUT2D eigenvalue weighted by Crippen LogP contribution is 2.39. The average molecular weight is 122 g/mol. The lowest BCUT2D eigenvalue weighted by Crippen LogP contribution is -1.52. The Hall–Kier alpha value is -0.430. The second-order valence-corrected chi connectivity index (χ2v) is 2.83. The highest BCUT2D eigenvalue weighted by molar-refractivity contribution is 7.98. The Labute approximate surface area is 52.9 Å². The van der Waals surface area contributed by atoms with Crippen molar-refractivity contribution in [2.45, 2.75) is 4.90 Å². The Balaban J connectivity index is 2.45. The van der Waals surface area contributed by atoms with Gasteiger partial charge >= 0.3 is 0 Å². The van der Waals surface area contributed by atoms with Crippen LogP contribution in [0.15, 0.2) is 23.1 Å². The Morgan fingerprint density at radius 2 is 1.75 bits per heavy atom. The van der Waals surface area contributed by atoms with Crippen molar-refractivity contribution in [1.29, 1.82) is 0 Å². The third-order valence-corrected chi connectivity index (χ3v) is 2.10. The molecular formula is C7H6S. The maximum absolute atomic E-state index is 2.22. The molecule has 0 spiro atoms. The standard InChI is InChI=1S/C7H6S/c1-8-7-3-5-2-6(5)4-7/h2-4H,1H3. The molecule has 0 atom stereocenters. The monoisotopic (exact) mass is 122 g/mol. The third kappa shape index (κ3) is 0.480. The van der Waals surface area contributed by atoms with Gasteiger partial charge in [-0.05, 0) is 35.6 Å². The average Bonchev–Trinajstić information content (AvgIpc) is 2.40. The van der Waals surface area contributed by atoms with Crippen LogP contribution < -0.4 is 0 Å². The maximum Gasteiger partial charge on any atom is 0.00814 e. The molecular weight excluding hydrogens is 116 g/mol. The van der Waals surface area contributed by atoms with E-state index in [1.807, 2.05) is 11.8 Å². The van der Waals surface area contributed by atoms with Gasteiger partial charge in [-0.3, -0.25) is 0 Å². The Kier molecular flexibility index (Phi) is 0.717. The zero-order chi connectivity index (χ0) is 5.56. The summed E-state index contributed by atoms with van der Waals surface area (Å²) in [5, 5.41) is 0. The smallest absolute Gasteiger partial charge is 0.00814 e. The lowest BCUT2D eigenvalue weighted by atomic mass is 10.6. The molecule has 0 amide bonds. The van der Waals surface area contributed by atoms with Crippen molar-refractivity contribution < 1.29 is 0 Å². The molecule has 0 saturated heterocycles. The lowest BCUT2D eigenvalue weighted by molar-refractivity contribution is 1.59. The van der Waals surface area contributed by atoms with E-state index >= 15 is 0 Å². The minimum Gasteiger partial charge on any atom is -0.130 e. The predicted molar refractivity (Wildman–Crippen MR) is 37.2 cm³/mol. The molecule has 0 fully saturated rings. The number of hydrogen-bond donors (Lipinski definition) is 0. The Morgan fingerprint density at radius 1 is 1.12 bits per heavy atom. The topological polar surface area (TPSA) is 0 Å². The number of thioether (sulfide) groups is 1. The summed E-state index contributed by atoms with van der Waals surface area (Å²) >= 11 is 1.81. The molecule has 0 heterocycles. The summed E-state index contributed by atoms with van der Waals surface area (Å²) in [6.07, 6.45) is 2.11. The fraction of sp³-hybridized carbons (Fsp3) is 0.143. The van der Waals surface area contributed by atoms with Crippen LogP contribution in [0.2, 0.25) is 0 Å². The van der Waals surface area contributed by atoms with Crippen molar-refractivity contribution in [3.05, 3.63) is 18.2 Å². The quantitative estimate of drug-likeness (QED) is 0.523. The van der Waals surface area contributed by atoms with Crippen LogP contribution in [0.4, 0.5) is 0 Å². The van der Waals surface area contributed by atoms with Crippen LogP contribution in [0.25, 0.3) is 11.1 Å². The van der Waals surface area contributed by atoms with Crippen molar-refractivity contribution in [3.63, 3.8) is 0 Å². The second kappa shape index (κ2) is 1.29. The van der Waals surface area contributed by atoms with Crippen molar-refractivity contribution in [3.8, 4) is 11.1 Å². The molecule has 0 bridgehead atoms. The molecule has 0 N–H and O–H groups in total. The second-order valence-electron chi connectivity index (χ2n) is 1.95. The highest BCUT2D eigenvalue weighted by atomic mass is 32.2. The van der Waals surface area contributed by atoms with E-state index in [0.29, 0.717) is 0 Å². The van der Waals surface area contributed by atoms with E-state index in [1.165, 1.54) is 16.0 Å². The summed E-state index contributed by atoms with van der Waals surface area (Å²) in [4.78, 5) is 1.40. The first kappa shape index (κ1) is 4.45. The first-order valence-corrected chi connectivity index (χ1v) is 3.82. The van der Waals surface area contributed by atoms with Gasteiger partial charge in [0.2, 0.25) is 0 Å². The predicted octanol–water partition coefficient (Wildman–Crippen LogP) is 2.39. The van der Waals surface area contributed by atoms with E-state index in [9.17, 15) is 0 Å². The molecule has 0 unspecified atom stereocenters. The van der Waals surface area contributed by atoms with E-state index in [-0.39, 0.29) is 0 Å². The number of rotatable bonds is 1. The summed E-state index contributed by atoms with van der Waals surface area (Å²) < 4.78 is 0.